The van der Waals surface area contributed by atoms with Crippen molar-refractivity contribution in [2.24, 2.45) is 0 Å². The maximum atomic E-state index is 5.27. The van der Waals surface area contributed by atoms with Gasteiger partial charge in [-0.3, -0.25) is 4.68 Å². The Morgan fingerprint density at radius 2 is 2.19 bits per heavy atom. The molecule has 92 valence electrons. The summed E-state index contributed by atoms with van der Waals surface area (Å²) < 4.78 is 7.33. The van der Waals surface area contributed by atoms with Crippen molar-refractivity contribution in [3.05, 3.63) is 17.5 Å². The molecule has 0 saturated carbocycles. The van der Waals surface area contributed by atoms with E-state index in [1.807, 2.05) is 6.92 Å². The average Bonchev–Trinajstić information content (AvgIpc) is 2.71. The molecule has 1 aromatic heterocycles. The first-order valence-corrected chi connectivity index (χ1v) is 6.15. The number of nitrogens with zero attached hydrogens (tertiary/aromatic N) is 2. The van der Waals surface area contributed by atoms with E-state index in [0.717, 1.165) is 39.3 Å². The van der Waals surface area contributed by atoms with Gasteiger partial charge >= 0.3 is 0 Å². The number of aryl methyl sites for hydroxylation is 2. The van der Waals surface area contributed by atoms with Gasteiger partial charge in [0.05, 0.1) is 18.0 Å². The smallest absolute Gasteiger partial charge is 0.0625 e. The summed E-state index contributed by atoms with van der Waals surface area (Å²) in [5.41, 5.74) is 2.43. The molecule has 0 aliphatic rings. The molecule has 16 heavy (non-hydrogen) atoms. The number of rotatable bonds is 8. The van der Waals surface area contributed by atoms with E-state index in [9.17, 15) is 0 Å². The summed E-state index contributed by atoms with van der Waals surface area (Å²) in [6.45, 7) is 10.5. The van der Waals surface area contributed by atoms with Crippen molar-refractivity contribution in [2.45, 2.75) is 40.3 Å². The van der Waals surface area contributed by atoms with E-state index in [-0.39, 0.29) is 0 Å². The summed E-state index contributed by atoms with van der Waals surface area (Å²) in [5, 5.41) is 7.87. The van der Waals surface area contributed by atoms with Gasteiger partial charge in [0, 0.05) is 26.2 Å². The minimum absolute atomic E-state index is 0.775. The zero-order chi connectivity index (χ0) is 11.8. The van der Waals surface area contributed by atoms with Crippen LogP contribution in [0.4, 0.5) is 0 Å². The highest BCUT2D eigenvalue weighted by molar-refractivity contribution is 5.10. The van der Waals surface area contributed by atoms with Crippen molar-refractivity contribution in [1.29, 1.82) is 0 Å². The molecular weight excluding hydrogens is 202 g/mol. The molecule has 0 amide bonds. The predicted molar refractivity (Wildman–Crippen MR) is 65.5 cm³/mol. The van der Waals surface area contributed by atoms with Crippen LogP contribution < -0.4 is 5.32 Å². The number of hydrogen-bond donors (Lipinski definition) is 1. The van der Waals surface area contributed by atoms with Crippen molar-refractivity contribution in [3.63, 3.8) is 0 Å². The van der Waals surface area contributed by atoms with Crippen LogP contribution in [-0.4, -0.2) is 29.5 Å². The fraction of sp³-hybridized carbons (Fsp3) is 0.750. The monoisotopic (exact) mass is 225 g/mol. The van der Waals surface area contributed by atoms with Crippen LogP contribution in [0, 0.1) is 0 Å². The van der Waals surface area contributed by atoms with E-state index >= 15 is 0 Å². The molecule has 0 aliphatic carbocycles. The molecule has 1 rings (SSSR count). The first kappa shape index (κ1) is 13.2. The fourth-order valence-corrected chi connectivity index (χ4v) is 1.61. The van der Waals surface area contributed by atoms with Crippen LogP contribution in [0.2, 0.25) is 0 Å². The number of ether oxygens (including phenoxy) is 1. The van der Waals surface area contributed by atoms with Crippen LogP contribution in [0.3, 0.4) is 0 Å². The maximum absolute atomic E-state index is 5.27. The summed E-state index contributed by atoms with van der Waals surface area (Å²) in [5.74, 6) is 0. The third-order valence-electron chi connectivity index (χ3n) is 2.51. The zero-order valence-electron chi connectivity index (χ0n) is 10.6. The van der Waals surface area contributed by atoms with Crippen molar-refractivity contribution < 1.29 is 4.74 Å². The zero-order valence-corrected chi connectivity index (χ0v) is 10.6. The Balaban J connectivity index is 2.37. The molecule has 0 aliphatic heterocycles. The lowest BCUT2D eigenvalue weighted by atomic mass is 10.3. The van der Waals surface area contributed by atoms with Gasteiger partial charge in [-0.15, -0.1) is 0 Å². The summed E-state index contributed by atoms with van der Waals surface area (Å²) >= 11 is 0. The van der Waals surface area contributed by atoms with Crippen LogP contribution in [0.5, 0.6) is 0 Å². The minimum Gasteiger partial charge on any atom is -0.380 e. The number of aromatic nitrogens is 2. The Morgan fingerprint density at radius 3 is 2.81 bits per heavy atom. The molecule has 1 aromatic rings. The molecule has 0 radical (unpaired) electrons. The van der Waals surface area contributed by atoms with Crippen LogP contribution in [0.15, 0.2) is 6.07 Å². The van der Waals surface area contributed by atoms with E-state index in [1.165, 1.54) is 11.4 Å². The van der Waals surface area contributed by atoms with E-state index in [2.05, 4.69) is 35.0 Å². The third-order valence-corrected chi connectivity index (χ3v) is 2.51. The predicted octanol–water partition coefficient (Wildman–Crippen LogP) is 1.59. The Hall–Kier alpha value is -0.870. The highest BCUT2D eigenvalue weighted by Crippen LogP contribution is 2.05. The van der Waals surface area contributed by atoms with E-state index < -0.39 is 0 Å². The Morgan fingerprint density at radius 1 is 1.38 bits per heavy atom. The number of hydrogen-bond acceptors (Lipinski definition) is 3. The van der Waals surface area contributed by atoms with Gasteiger partial charge in [0.1, 0.15) is 0 Å². The standard InChI is InChI=1S/C12H23N3O/c1-4-11-9-12(15(5-2)14-11)10-13-7-8-16-6-3/h9,13H,4-8,10H2,1-3H3. The second kappa shape index (κ2) is 7.41. The minimum atomic E-state index is 0.775. The van der Waals surface area contributed by atoms with E-state index in [1.54, 1.807) is 0 Å². The molecule has 0 unspecified atom stereocenters. The van der Waals surface area contributed by atoms with E-state index in [0.29, 0.717) is 0 Å². The molecule has 1 heterocycles. The van der Waals surface area contributed by atoms with Gasteiger partial charge in [-0.05, 0) is 26.3 Å². The van der Waals surface area contributed by atoms with Crippen molar-refractivity contribution in [3.8, 4) is 0 Å². The van der Waals surface area contributed by atoms with Gasteiger partial charge < -0.3 is 10.1 Å². The normalized spacial score (nSPS) is 10.9. The number of nitrogens with one attached hydrogen (secondary N) is 1. The molecule has 4 nitrogen and oxygen atoms in total. The van der Waals surface area contributed by atoms with Gasteiger partial charge in [-0.2, -0.15) is 5.10 Å². The second-order valence-corrected chi connectivity index (χ2v) is 3.67. The van der Waals surface area contributed by atoms with Crippen molar-refractivity contribution in [2.75, 3.05) is 19.8 Å². The van der Waals surface area contributed by atoms with Gasteiger partial charge in [-0.25, -0.2) is 0 Å². The molecule has 0 bridgehead atoms. The van der Waals surface area contributed by atoms with Crippen LogP contribution in [-0.2, 0) is 24.2 Å². The molecule has 0 atom stereocenters. The van der Waals surface area contributed by atoms with Crippen molar-refractivity contribution in [1.82, 2.24) is 15.1 Å². The second-order valence-electron chi connectivity index (χ2n) is 3.67. The molecule has 0 fully saturated rings. The summed E-state index contributed by atoms with van der Waals surface area (Å²) in [4.78, 5) is 0. The largest absolute Gasteiger partial charge is 0.380 e. The lowest BCUT2D eigenvalue weighted by molar-refractivity contribution is 0.149. The first-order valence-electron chi connectivity index (χ1n) is 6.15. The Labute approximate surface area is 98.0 Å². The molecule has 1 N–H and O–H groups in total. The molecule has 0 saturated heterocycles. The van der Waals surface area contributed by atoms with Crippen LogP contribution in [0.25, 0.3) is 0 Å². The average molecular weight is 225 g/mol. The summed E-state index contributed by atoms with van der Waals surface area (Å²) in [6.07, 6.45) is 0.999. The summed E-state index contributed by atoms with van der Waals surface area (Å²) in [7, 11) is 0. The summed E-state index contributed by atoms with van der Waals surface area (Å²) in [6, 6.07) is 2.18. The Kier molecular flexibility index (Phi) is 6.11. The van der Waals surface area contributed by atoms with Gasteiger partial charge in [-0.1, -0.05) is 6.92 Å². The molecule has 0 spiro atoms. The molecule has 4 heteroatoms. The highest BCUT2D eigenvalue weighted by Gasteiger charge is 2.04. The fourth-order valence-electron chi connectivity index (χ4n) is 1.61. The third kappa shape index (κ3) is 3.94. The maximum Gasteiger partial charge on any atom is 0.0625 e. The van der Waals surface area contributed by atoms with E-state index in [4.69, 9.17) is 4.74 Å². The van der Waals surface area contributed by atoms with Gasteiger partial charge in [0.2, 0.25) is 0 Å². The first-order chi connectivity index (χ1) is 7.81. The van der Waals surface area contributed by atoms with Gasteiger partial charge in [0.25, 0.3) is 0 Å². The molecule has 0 aromatic carbocycles. The SMILES string of the molecule is CCOCCNCc1cc(CC)nn1CC. The highest BCUT2D eigenvalue weighted by atomic mass is 16.5. The topological polar surface area (TPSA) is 39.1 Å². The molecular formula is C12H23N3O. The van der Waals surface area contributed by atoms with Crippen LogP contribution in [0.1, 0.15) is 32.2 Å². The van der Waals surface area contributed by atoms with Crippen LogP contribution >= 0.6 is 0 Å². The van der Waals surface area contributed by atoms with Crippen molar-refractivity contribution >= 4 is 0 Å². The lowest BCUT2D eigenvalue weighted by Crippen LogP contribution is -2.21. The lowest BCUT2D eigenvalue weighted by Gasteiger charge is -2.06. The Bertz CT molecular complexity index is 296. The quantitative estimate of drug-likeness (QED) is 0.683. The van der Waals surface area contributed by atoms with Gasteiger partial charge in [0.15, 0.2) is 0 Å².